The van der Waals surface area contributed by atoms with Crippen molar-refractivity contribution in [1.29, 1.82) is 0 Å². The molecule has 2 N–H and O–H groups in total. The monoisotopic (exact) mass is 362 g/mol. The van der Waals surface area contributed by atoms with Gasteiger partial charge in [-0.15, -0.1) is 0 Å². The highest BCUT2D eigenvalue weighted by Gasteiger charge is 2.19. The van der Waals surface area contributed by atoms with Crippen molar-refractivity contribution in [2.45, 2.75) is 27.3 Å². The summed E-state index contributed by atoms with van der Waals surface area (Å²) in [5.74, 6) is 1.23. The van der Waals surface area contributed by atoms with Crippen LogP contribution in [0, 0.1) is 13.8 Å². The number of amides is 1. The molecule has 0 bridgehead atoms. The Morgan fingerprint density at radius 1 is 0.963 bits per heavy atom. The highest BCUT2D eigenvalue weighted by Crippen LogP contribution is 2.21. The number of hydrogen-bond donors (Lipinski definition) is 2. The first-order valence-electron chi connectivity index (χ1n) is 8.76. The van der Waals surface area contributed by atoms with Gasteiger partial charge in [0.1, 0.15) is 17.2 Å². The van der Waals surface area contributed by atoms with Crippen molar-refractivity contribution in [3.8, 4) is 11.5 Å². The maximum absolute atomic E-state index is 12.5. The summed E-state index contributed by atoms with van der Waals surface area (Å²) >= 11 is 0. The van der Waals surface area contributed by atoms with Gasteiger partial charge in [0, 0.05) is 17.8 Å². The third-order valence-corrected chi connectivity index (χ3v) is 4.37. The van der Waals surface area contributed by atoms with Gasteiger partial charge in [0.05, 0.1) is 0 Å². The quantitative estimate of drug-likeness (QED) is 0.632. The van der Waals surface area contributed by atoms with Crippen molar-refractivity contribution >= 4 is 11.7 Å². The molecule has 1 heterocycles. The number of aryl methyl sites for hydroxylation is 1. The number of H-pyrrole nitrogens is 1. The molecule has 0 fully saturated rings. The summed E-state index contributed by atoms with van der Waals surface area (Å²) in [6, 6.07) is 17.1. The fourth-order valence-corrected chi connectivity index (χ4v) is 3.08. The molecular weight excluding hydrogens is 340 g/mol. The molecule has 0 saturated carbocycles. The maximum atomic E-state index is 12.5. The molecule has 138 valence electrons. The van der Waals surface area contributed by atoms with Gasteiger partial charge in [-0.2, -0.15) is 0 Å². The Hall–Kier alpha value is -3.34. The predicted octanol–water partition coefficient (Wildman–Crippen LogP) is 4.56. The van der Waals surface area contributed by atoms with E-state index in [0.29, 0.717) is 29.1 Å². The van der Waals surface area contributed by atoms with Gasteiger partial charge >= 0.3 is 0 Å². The second kappa shape index (κ2) is 7.91. The third kappa shape index (κ3) is 4.26. The Balaban J connectivity index is 1.62. The summed E-state index contributed by atoms with van der Waals surface area (Å²) in [6.07, 6.45) is 0. The topological polar surface area (TPSA) is 71.2 Å². The summed E-state index contributed by atoms with van der Waals surface area (Å²) in [5.41, 5.74) is 3.37. The van der Waals surface area contributed by atoms with Crippen molar-refractivity contribution in [1.82, 2.24) is 10.3 Å². The zero-order chi connectivity index (χ0) is 19.4. The largest absolute Gasteiger partial charge is 0.457 e. The van der Waals surface area contributed by atoms with E-state index in [2.05, 4.69) is 10.3 Å². The van der Waals surface area contributed by atoms with Crippen LogP contribution in [0.2, 0.25) is 0 Å². The number of hydrogen-bond acceptors (Lipinski definition) is 3. The number of aromatic nitrogens is 1. The average Bonchev–Trinajstić information content (AvgIpc) is 2.96. The summed E-state index contributed by atoms with van der Waals surface area (Å²) in [4.78, 5) is 27.2. The molecular formula is C22H22N2O3. The molecule has 0 spiro atoms. The number of para-hydroxylation sites is 1. The Labute approximate surface area is 158 Å². The maximum Gasteiger partial charge on any atom is 0.268 e. The Kier molecular flexibility index (Phi) is 5.41. The first kappa shape index (κ1) is 18.5. The van der Waals surface area contributed by atoms with E-state index in [4.69, 9.17) is 4.74 Å². The van der Waals surface area contributed by atoms with Crippen LogP contribution in [0.3, 0.4) is 0 Å². The van der Waals surface area contributed by atoms with E-state index in [9.17, 15) is 9.59 Å². The minimum atomic E-state index is -0.229. The molecule has 1 aromatic heterocycles. The number of ketones is 1. The molecule has 1 amide bonds. The van der Waals surface area contributed by atoms with Crippen LogP contribution < -0.4 is 10.1 Å². The van der Waals surface area contributed by atoms with E-state index in [1.54, 1.807) is 13.8 Å². The molecule has 0 atom stereocenters. The normalized spacial score (nSPS) is 10.5. The molecule has 27 heavy (non-hydrogen) atoms. The SMILES string of the molecule is CC(=O)c1c(C)[nH]c(C(=O)NCc2ccc(Oc3ccccc3)cc2)c1C. The van der Waals surface area contributed by atoms with E-state index in [0.717, 1.165) is 17.1 Å². The zero-order valence-corrected chi connectivity index (χ0v) is 15.6. The van der Waals surface area contributed by atoms with Gasteiger partial charge in [0.2, 0.25) is 0 Å². The molecule has 0 saturated heterocycles. The summed E-state index contributed by atoms with van der Waals surface area (Å²) in [7, 11) is 0. The lowest BCUT2D eigenvalue weighted by molar-refractivity contribution is 0.0945. The van der Waals surface area contributed by atoms with Crippen molar-refractivity contribution in [3.05, 3.63) is 82.7 Å². The summed E-state index contributed by atoms with van der Waals surface area (Å²) in [5, 5.41) is 2.88. The van der Waals surface area contributed by atoms with Crippen LogP contribution in [0.4, 0.5) is 0 Å². The van der Waals surface area contributed by atoms with Gasteiger partial charge in [-0.05, 0) is 56.2 Å². The van der Waals surface area contributed by atoms with Crippen LogP contribution in [-0.2, 0) is 6.54 Å². The first-order chi connectivity index (χ1) is 13.0. The molecule has 0 aliphatic rings. The number of benzene rings is 2. The predicted molar refractivity (Wildman–Crippen MR) is 104 cm³/mol. The number of Topliss-reactive ketones (excluding diaryl/α,β-unsaturated/α-hetero) is 1. The first-order valence-corrected chi connectivity index (χ1v) is 8.76. The van der Waals surface area contributed by atoms with Gasteiger partial charge < -0.3 is 15.0 Å². The number of ether oxygens (including phenoxy) is 1. The number of carbonyl (C=O) groups is 2. The highest BCUT2D eigenvalue weighted by atomic mass is 16.5. The highest BCUT2D eigenvalue weighted by molar-refractivity contribution is 6.02. The average molecular weight is 362 g/mol. The van der Waals surface area contributed by atoms with Crippen molar-refractivity contribution in [2.75, 3.05) is 0 Å². The zero-order valence-electron chi connectivity index (χ0n) is 15.6. The van der Waals surface area contributed by atoms with Crippen LogP contribution in [-0.4, -0.2) is 16.7 Å². The molecule has 5 nitrogen and oxygen atoms in total. The van der Waals surface area contributed by atoms with E-state index in [-0.39, 0.29) is 11.7 Å². The second-order valence-corrected chi connectivity index (χ2v) is 6.42. The second-order valence-electron chi connectivity index (χ2n) is 6.42. The van der Waals surface area contributed by atoms with Gasteiger partial charge in [-0.3, -0.25) is 9.59 Å². The van der Waals surface area contributed by atoms with E-state index in [1.165, 1.54) is 6.92 Å². The Morgan fingerprint density at radius 3 is 2.19 bits per heavy atom. The lowest BCUT2D eigenvalue weighted by atomic mass is 10.1. The van der Waals surface area contributed by atoms with Crippen LogP contribution >= 0.6 is 0 Å². The fraction of sp³-hybridized carbons (Fsp3) is 0.182. The standard InChI is InChI=1S/C22H22N2O3/c1-14-20(16(3)25)15(2)24-21(14)22(26)23-13-17-9-11-19(12-10-17)27-18-7-5-4-6-8-18/h4-12,24H,13H2,1-3H3,(H,23,26). The van der Waals surface area contributed by atoms with Crippen molar-refractivity contribution < 1.29 is 14.3 Å². The smallest absolute Gasteiger partial charge is 0.268 e. The van der Waals surface area contributed by atoms with Crippen LogP contribution in [0.25, 0.3) is 0 Å². The third-order valence-electron chi connectivity index (χ3n) is 4.37. The summed E-state index contributed by atoms with van der Waals surface area (Å²) < 4.78 is 5.76. The van der Waals surface area contributed by atoms with Crippen LogP contribution in [0.15, 0.2) is 54.6 Å². The molecule has 0 radical (unpaired) electrons. The van der Waals surface area contributed by atoms with Gasteiger partial charge in [-0.25, -0.2) is 0 Å². The Morgan fingerprint density at radius 2 is 1.59 bits per heavy atom. The molecule has 3 rings (SSSR count). The molecule has 3 aromatic rings. The molecule has 2 aromatic carbocycles. The van der Waals surface area contributed by atoms with E-state index in [1.807, 2.05) is 54.6 Å². The molecule has 0 unspecified atom stereocenters. The molecule has 0 aliphatic heterocycles. The van der Waals surface area contributed by atoms with Crippen molar-refractivity contribution in [2.24, 2.45) is 0 Å². The number of rotatable bonds is 6. The lowest BCUT2D eigenvalue weighted by Crippen LogP contribution is -2.24. The number of aromatic amines is 1. The number of carbonyl (C=O) groups excluding carboxylic acids is 2. The summed E-state index contributed by atoms with van der Waals surface area (Å²) in [6.45, 7) is 5.47. The van der Waals surface area contributed by atoms with Gasteiger partial charge in [-0.1, -0.05) is 30.3 Å². The number of nitrogens with one attached hydrogen (secondary N) is 2. The molecule has 5 heteroatoms. The van der Waals surface area contributed by atoms with E-state index < -0.39 is 0 Å². The fourth-order valence-electron chi connectivity index (χ4n) is 3.08. The van der Waals surface area contributed by atoms with Gasteiger partial charge in [0.15, 0.2) is 5.78 Å². The van der Waals surface area contributed by atoms with Crippen molar-refractivity contribution in [3.63, 3.8) is 0 Å². The van der Waals surface area contributed by atoms with Crippen LogP contribution in [0.1, 0.15) is 44.6 Å². The lowest BCUT2D eigenvalue weighted by Gasteiger charge is -2.08. The Bertz CT molecular complexity index is 957. The minimum absolute atomic E-state index is 0.0469. The van der Waals surface area contributed by atoms with Crippen LogP contribution in [0.5, 0.6) is 11.5 Å². The van der Waals surface area contributed by atoms with E-state index >= 15 is 0 Å². The minimum Gasteiger partial charge on any atom is -0.457 e. The van der Waals surface area contributed by atoms with Gasteiger partial charge in [0.25, 0.3) is 5.91 Å². The molecule has 0 aliphatic carbocycles.